The third kappa shape index (κ3) is 3.90. The van der Waals surface area contributed by atoms with Crippen LogP contribution in [0.2, 0.25) is 0 Å². The van der Waals surface area contributed by atoms with Gasteiger partial charge in [0.1, 0.15) is 4.49 Å². The van der Waals surface area contributed by atoms with Gasteiger partial charge in [0.2, 0.25) is 0 Å². The molecule has 0 heterocycles. The summed E-state index contributed by atoms with van der Waals surface area (Å²) in [6, 6.07) is 11.7. The number of hydrogen-bond acceptors (Lipinski definition) is 0. The Balaban J connectivity index is 2.67. The summed E-state index contributed by atoms with van der Waals surface area (Å²) in [5.74, 6) is 0. The van der Waals surface area contributed by atoms with Gasteiger partial charge in [0.05, 0.1) is 0 Å². The Kier molecular flexibility index (Phi) is 6.22. The SMILES string of the molecule is ClC(Cl)=C(c1ccc(Br)cc1Br)c1ccc(Br)cc1Br. The van der Waals surface area contributed by atoms with Gasteiger partial charge >= 0.3 is 0 Å². The number of halogens is 6. The predicted molar refractivity (Wildman–Crippen MR) is 101 cm³/mol. The molecular weight excluding hydrogens is 559 g/mol. The Morgan fingerprint density at radius 3 is 1.40 bits per heavy atom. The van der Waals surface area contributed by atoms with Gasteiger partial charge in [0, 0.05) is 23.5 Å². The smallest absolute Gasteiger partial charge is 0.0702 e. The van der Waals surface area contributed by atoms with Gasteiger partial charge in [-0.15, -0.1) is 0 Å². The average Bonchev–Trinajstić information content (AvgIpc) is 2.34. The molecule has 0 atom stereocenters. The lowest BCUT2D eigenvalue weighted by Gasteiger charge is -2.13. The lowest BCUT2D eigenvalue weighted by atomic mass is 10.00. The molecule has 0 fully saturated rings. The summed E-state index contributed by atoms with van der Waals surface area (Å²) in [7, 11) is 0. The first-order chi connectivity index (χ1) is 9.40. The minimum atomic E-state index is 0.219. The van der Waals surface area contributed by atoms with Crippen LogP contribution in [0.5, 0.6) is 0 Å². The van der Waals surface area contributed by atoms with Crippen LogP contribution >= 0.6 is 86.9 Å². The first-order valence-corrected chi connectivity index (χ1v) is 9.29. The van der Waals surface area contributed by atoms with Gasteiger partial charge in [-0.05, 0) is 35.4 Å². The molecule has 0 amide bonds. The molecule has 2 rings (SSSR count). The van der Waals surface area contributed by atoms with Crippen LogP contribution in [0.4, 0.5) is 0 Å². The fraction of sp³-hybridized carbons (Fsp3) is 0. The highest BCUT2D eigenvalue weighted by molar-refractivity contribution is 9.11. The van der Waals surface area contributed by atoms with E-state index >= 15 is 0 Å². The number of benzene rings is 2. The average molecular weight is 565 g/mol. The van der Waals surface area contributed by atoms with E-state index in [1.807, 2.05) is 36.4 Å². The summed E-state index contributed by atoms with van der Waals surface area (Å²) in [5, 5.41) is 0. The van der Waals surface area contributed by atoms with Crippen LogP contribution < -0.4 is 0 Å². The lowest BCUT2D eigenvalue weighted by Crippen LogP contribution is -1.92. The quantitative estimate of drug-likeness (QED) is 0.348. The molecule has 0 saturated heterocycles. The second kappa shape index (κ2) is 7.30. The first-order valence-electron chi connectivity index (χ1n) is 5.36. The standard InChI is InChI=1S/C14H6Br4Cl2/c15-7-1-3-9(11(17)5-7)13(14(19)20)10-4-2-8(16)6-12(10)18/h1-6H. The second-order valence-corrected chi connectivity index (χ2v) is 8.37. The van der Waals surface area contributed by atoms with E-state index in [1.165, 1.54) is 0 Å². The highest BCUT2D eigenvalue weighted by Gasteiger charge is 2.15. The molecule has 0 radical (unpaired) electrons. The maximum absolute atomic E-state index is 6.12. The molecule has 0 aromatic heterocycles. The zero-order valence-corrected chi connectivity index (χ0v) is 17.6. The van der Waals surface area contributed by atoms with E-state index in [0.717, 1.165) is 34.6 Å². The van der Waals surface area contributed by atoms with Crippen molar-refractivity contribution in [1.82, 2.24) is 0 Å². The van der Waals surface area contributed by atoms with E-state index in [9.17, 15) is 0 Å². The van der Waals surface area contributed by atoms with Crippen LogP contribution in [0.15, 0.2) is 58.8 Å². The van der Waals surface area contributed by atoms with Gasteiger partial charge < -0.3 is 0 Å². The molecule has 0 spiro atoms. The fourth-order valence-corrected chi connectivity index (χ4v) is 4.63. The third-order valence-corrected chi connectivity index (χ3v) is 5.27. The van der Waals surface area contributed by atoms with Crippen molar-refractivity contribution in [3.05, 3.63) is 69.9 Å². The summed E-state index contributed by atoms with van der Waals surface area (Å²) in [4.78, 5) is 0. The zero-order chi connectivity index (χ0) is 14.9. The summed E-state index contributed by atoms with van der Waals surface area (Å²) in [5.41, 5.74) is 2.62. The molecule has 0 aliphatic carbocycles. The molecule has 6 heteroatoms. The van der Waals surface area contributed by atoms with Crippen LogP contribution in [-0.2, 0) is 0 Å². The molecule has 0 unspecified atom stereocenters. The van der Waals surface area contributed by atoms with E-state index in [1.54, 1.807) is 0 Å². The largest absolute Gasteiger partial charge is 0.115 e. The molecule has 0 nitrogen and oxygen atoms in total. The Hall–Kier alpha value is 0.680. The maximum Gasteiger partial charge on any atom is 0.115 e. The van der Waals surface area contributed by atoms with Crippen LogP contribution in [0, 0.1) is 0 Å². The Labute approximate surface area is 161 Å². The Morgan fingerprint density at radius 2 is 1.10 bits per heavy atom. The first kappa shape index (κ1) is 17.0. The molecule has 0 N–H and O–H groups in total. The van der Waals surface area contributed by atoms with Gasteiger partial charge in [0.15, 0.2) is 0 Å². The fourth-order valence-electron chi connectivity index (χ4n) is 1.73. The highest BCUT2D eigenvalue weighted by atomic mass is 79.9. The van der Waals surface area contributed by atoms with Gasteiger partial charge in [-0.25, -0.2) is 0 Å². The molecule has 0 saturated carbocycles. The van der Waals surface area contributed by atoms with Crippen molar-refractivity contribution in [2.75, 3.05) is 0 Å². The molecule has 0 aliphatic heterocycles. The highest BCUT2D eigenvalue weighted by Crippen LogP contribution is 2.39. The van der Waals surface area contributed by atoms with Crippen molar-refractivity contribution in [1.29, 1.82) is 0 Å². The third-order valence-electron chi connectivity index (χ3n) is 2.59. The minimum Gasteiger partial charge on any atom is -0.0702 e. The molecular formula is C14H6Br4Cl2. The summed E-state index contributed by atoms with van der Waals surface area (Å²) in [6.45, 7) is 0. The normalized spacial score (nSPS) is 10.5. The van der Waals surface area contributed by atoms with Crippen LogP contribution in [0.1, 0.15) is 11.1 Å². The lowest BCUT2D eigenvalue weighted by molar-refractivity contribution is 1.47. The Bertz CT molecular complexity index is 638. The van der Waals surface area contributed by atoms with Crippen molar-refractivity contribution >= 4 is 92.5 Å². The summed E-state index contributed by atoms with van der Waals surface area (Å²) in [6.07, 6.45) is 0. The van der Waals surface area contributed by atoms with Crippen molar-refractivity contribution < 1.29 is 0 Å². The van der Waals surface area contributed by atoms with Crippen molar-refractivity contribution in [3.63, 3.8) is 0 Å². The Morgan fingerprint density at radius 1 is 0.700 bits per heavy atom. The predicted octanol–water partition coefficient (Wildman–Crippen LogP) is 7.93. The van der Waals surface area contributed by atoms with Crippen molar-refractivity contribution in [2.24, 2.45) is 0 Å². The van der Waals surface area contributed by atoms with Gasteiger partial charge in [-0.2, -0.15) is 0 Å². The van der Waals surface area contributed by atoms with E-state index in [2.05, 4.69) is 63.7 Å². The van der Waals surface area contributed by atoms with Gasteiger partial charge in [-0.1, -0.05) is 99.1 Å². The second-order valence-electron chi connectivity index (χ2n) is 3.88. The summed E-state index contributed by atoms with van der Waals surface area (Å²) < 4.78 is 4.00. The van der Waals surface area contributed by atoms with E-state index in [4.69, 9.17) is 23.2 Å². The topological polar surface area (TPSA) is 0 Å². The summed E-state index contributed by atoms with van der Waals surface area (Å²) >= 11 is 26.2. The van der Waals surface area contributed by atoms with Crippen LogP contribution in [0.25, 0.3) is 5.57 Å². The van der Waals surface area contributed by atoms with E-state index < -0.39 is 0 Å². The van der Waals surface area contributed by atoms with Crippen LogP contribution in [-0.4, -0.2) is 0 Å². The molecule has 104 valence electrons. The van der Waals surface area contributed by atoms with Crippen molar-refractivity contribution in [3.8, 4) is 0 Å². The minimum absolute atomic E-state index is 0.219. The molecule has 0 aliphatic rings. The zero-order valence-electron chi connectivity index (χ0n) is 9.73. The van der Waals surface area contributed by atoms with Gasteiger partial charge in [-0.3, -0.25) is 0 Å². The monoisotopic (exact) mass is 560 g/mol. The van der Waals surface area contributed by atoms with Gasteiger partial charge in [0.25, 0.3) is 0 Å². The number of hydrogen-bond donors (Lipinski definition) is 0. The van der Waals surface area contributed by atoms with E-state index in [-0.39, 0.29) is 4.49 Å². The van der Waals surface area contributed by atoms with E-state index in [0.29, 0.717) is 0 Å². The molecule has 0 bridgehead atoms. The van der Waals surface area contributed by atoms with Crippen molar-refractivity contribution in [2.45, 2.75) is 0 Å². The maximum atomic E-state index is 6.12. The number of rotatable bonds is 2. The molecule has 2 aromatic carbocycles. The molecule has 20 heavy (non-hydrogen) atoms. The molecule has 2 aromatic rings. The van der Waals surface area contributed by atoms with Crippen LogP contribution in [0.3, 0.4) is 0 Å².